The predicted molar refractivity (Wildman–Crippen MR) is 78.4 cm³/mol. The van der Waals surface area contributed by atoms with Gasteiger partial charge in [-0.3, -0.25) is 4.79 Å². The number of carbonyl (C=O) groups excluding carboxylic acids is 1. The van der Waals surface area contributed by atoms with E-state index in [1.807, 2.05) is 13.8 Å². The van der Waals surface area contributed by atoms with E-state index in [-0.39, 0.29) is 17.8 Å². The van der Waals surface area contributed by atoms with Crippen LogP contribution in [0.1, 0.15) is 20.8 Å². The van der Waals surface area contributed by atoms with E-state index in [0.717, 1.165) is 0 Å². The maximum Gasteiger partial charge on any atom is 0.242 e. The first-order valence-electron chi connectivity index (χ1n) is 5.74. The van der Waals surface area contributed by atoms with Gasteiger partial charge in [-0.15, -0.1) is 0 Å². The number of nitrogens with zero attached hydrogens (tertiary/aromatic N) is 1. The molecule has 1 heterocycles. The van der Waals surface area contributed by atoms with Crippen molar-refractivity contribution >= 4 is 40.7 Å². The Morgan fingerprint density at radius 3 is 2.37 bits per heavy atom. The Bertz CT molecular complexity index is 467. The minimum Gasteiger partial charge on any atom is -0.357 e. The third-order valence-corrected chi connectivity index (χ3v) is 2.82. The van der Waals surface area contributed by atoms with E-state index >= 15 is 0 Å². The molecule has 6 nitrogen and oxygen atoms in total. The van der Waals surface area contributed by atoms with Crippen LogP contribution in [0, 0.1) is 0 Å². The van der Waals surface area contributed by atoms with E-state index < -0.39 is 6.04 Å². The highest BCUT2D eigenvalue weighted by Crippen LogP contribution is 2.28. The summed E-state index contributed by atoms with van der Waals surface area (Å²) in [5.74, 6) is 5.75. The highest BCUT2D eigenvalue weighted by molar-refractivity contribution is 6.37. The first-order valence-corrected chi connectivity index (χ1v) is 6.50. The number of nitrogen functional groups attached to an aromatic ring is 1. The molecule has 0 radical (unpaired) electrons. The monoisotopic (exact) mass is 305 g/mol. The molecule has 0 aliphatic carbocycles. The van der Waals surface area contributed by atoms with Gasteiger partial charge in [0.15, 0.2) is 5.82 Å². The predicted octanol–water partition coefficient (Wildman–Crippen LogP) is 2.00. The van der Waals surface area contributed by atoms with Crippen LogP contribution in [0.2, 0.25) is 10.0 Å². The standard InChI is InChI=1S/C11H17Cl2N5O/c1-5(2)15-11(19)6(3)16-9-7(12)4-8(13)10(17-9)18-14/h4-6H,14H2,1-3H3,(H,15,19)(H2,16,17,18). The maximum atomic E-state index is 11.8. The summed E-state index contributed by atoms with van der Waals surface area (Å²) in [6.07, 6.45) is 0. The first-order chi connectivity index (χ1) is 8.85. The van der Waals surface area contributed by atoms with E-state index in [1.54, 1.807) is 6.92 Å². The van der Waals surface area contributed by atoms with Gasteiger partial charge in [0.2, 0.25) is 5.91 Å². The maximum absolute atomic E-state index is 11.8. The van der Waals surface area contributed by atoms with Gasteiger partial charge in [0, 0.05) is 6.04 Å². The molecule has 0 saturated carbocycles. The van der Waals surface area contributed by atoms with Gasteiger partial charge in [0.05, 0.1) is 10.0 Å². The molecule has 0 saturated heterocycles. The number of nitrogens with two attached hydrogens (primary N) is 1. The SMILES string of the molecule is CC(C)NC(=O)C(C)Nc1nc(NN)c(Cl)cc1Cl. The van der Waals surface area contributed by atoms with Crippen LogP contribution in [0.3, 0.4) is 0 Å². The van der Waals surface area contributed by atoms with Crippen molar-refractivity contribution in [2.75, 3.05) is 10.7 Å². The number of rotatable bonds is 5. The second-order valence-corrected chi connectivity index (χ2v) is 5.14. The average molecular weight is 306 g/mol. The highest BCUT2D eigenvalue weighted by atomic mass is 35.5. The zero-order valence-electron chi connectivity index (χ0n) is 10.9. The summed E-state index contributed by atoms with van der Waals surface area (Å²) in [6.45, 7) is 5.48. The molecule has 19 heavy (non-hydrogen) atoms. The van der Waals surface area contributed by atoms with Crippen LogP contribution < -0.4 is 21.9 Å². The zero-order valence-corrected chi connectivity index (χ0v) is 12.4. The zero-order chi connectivity index (χ0) is 14.6. The lowest BCUT2D eigenvalue weighted by molar-refractivity contribution is -0.122. The van der Waals surface area contributed by atoms with E-state index in [2.05, 4.69) is 21.0 Å². The number of hydrazine groups is 1. The summed E-state index contributed by atoms with van der Waals surface area (Å²) in [7, 11) is 0. The van der Waals surface area contributed by atoms with Crippen LogP contribution >= 0.6 is 23.2 Å². The number of hydrogen-bond donors (Lipinski definition) is 4. The first kappa shape index (κ1) is 15.8. The molecule has 0 fully saturated rings. The number of anilines is 2. The lowest BCUT2D eigenvalue weighted by Crippen LogP contribution is -2.41. The molecular formula is C11H17Cl2N5O. The minimum absolute atomic E-state index is 0.0617. The quantitative estimate of drug-likeness (QED) is 0.493. The van der Waals surface area contributed by atoms with Crippen LogP contribution in [0.25, 0.3) is 0 Å². The van der Waals surface area contributed by atoms with E-state index in [1.165, 1.54) is 6.07 Å². The molecule has 1 aromatic rings. The van der Waals surface area contributed by atoms with Gasteiger partial charge < -0.3 is 16.1 Å². The van der Waals surface area contributed by atoms with E-state index in [9.17, 15) is 4.79 Å². The summed E-state index contributed by atoms with van der Waals surface area (Å²) >= 11 is 11.9. The van der Waals surface area contributed by atoms with Crippen molar-refractivity contribution in [1.82, 2.24) is 10.3 Å². The van der Waals surface area contributed by atoms with Crippen LogP contribution in [0.4, 0.5) is 11.6 Å². The molecule has 1 unspecified atom stereocenters. The summed E-state index contributed by atoms with van der Waals surface area (Å²) in [6, 6.07) is 1.08. The Morgan fingerprint density at radius 1 is 1.26 bits per heavy atom. The van der Waals surface area contributed by atoms with Crippen molar-refractivity contribution in [3.8, 4) is 0 Å². The number of pyridine rings is 1. The second-order valence-electron chi connectivity index (χ2n) is 4.32. The molecular weight excluding hydrogens is 289 g/mol. The molecule has 0 aromatic carbocycles. The molecule has 0 spiro atoms. The molecule has 0 aliphatic rings. The Hall–Kier alpha value is -1.24. The van der Waals surface area contributed by atoms with Crippen LogP contribution in [0.5, 0.6) is 0 Å². The molecule has 1 atom stereocenters. The van der Waals surface area contributed by atoms with Gasteiger partial charge in [-0.25, -0.2) is 10.8 Å². The fourth-order valence-electron chi connectivity index (χ4n) is 1.35. The van der Waals surface area contributed by atoms with E-state index in [4.69, 9.17) is 29.0 Å². The molecule has 1 aromatic heterocycles. The Balaban J connectivity index is 2.84. The smallest absolute Gasteiger partial charge is 0.242 e. The second kappa shape index (κ2) is 6.79. The summed E-state index contributed by atoms with van der Waals surface area (Å²) in [5.41, 5.74) is 2.36. The minimum atomic E-state index is -0.487. The molecule has 106 valence electrons. The Kier molecular flexibility index (Phi) is 5.65. The molecule has 8 heteroatoms. The van der Waals surface area contributed by atoms with Crippen LogP contribution in [0.15, 0.2) is 6.07 Å². The van der Waals surface area contributed by atoms with Crippen molar-refractivity contribution in [2.45, 2.75) is 32.9 Å². The van der Waals surface area contributed by atoms with Crippen molar-refractivity contribution in [1.29, 1.82) is 0 Å². The van der Waals surface area contributed by atoms with Crippen molar-refractivity contribution in [3.05, 3.63) is 16.1 Å². The van der Waals surface area contributed by atoms with Gasteiger partial charge in [-0.2, -0.15) is 0 Å². The number of carbonyl (C=O) groups is 1. The molecule has 0 bridgehead atoms. The summed E-state index contributed by atoms with van der Waals surface area (Å²) in [4.78, 5) is 15.9. The Morgan fingerprint density at radius 2 is 1.84 bits per heavy atom. The van der Waals surface area contributed by atoms with Gasteiger partial charge in [-0.05, 0) is 26.8 Å². The number of halogens is 2. The van der Waals surface area contributed by atoms with Gasteiger partial charge in [0.1, 0.15) is 11.9 Å². The molecule has 0 aliphatic heterocycles. The third-order valence-electron chi connectivity index (χ3n) is 2.24. The lowest BCUT2D eigenvalue weighted by atomic mass is 10.2. The van der Waals surface area contributed by atoms with Crippen molar-refractivity contribution in [2.24, 2.45) is 5.84 Å². The van der Waals surface area contributed by atoms with Crippen molar-refractivity contribution in [3.63, 3.8) is 0 Å². The number of aromatic nitrogens is 1. The topological polar surface area (TPSA) is 92.1 Å². The van der Waals surface area contributed by atoms with Crippen LogP contribution in [-0.4, -0.2) is 23.0 Å². The van der Waals surface area contributed by atoms with Crippen molar-refractivity contribution < 1.29 is 4.79 Å². The number of hydrogen-bond acceptors (Lipinski definition) is 5. The lowest BCUT2D eigenvalue weighted by Gasteiger charge is -2.18. The summed E-state index contributed by atoms with van der Waals surface area (Å²) < 4.78 is 0. The van der Waals surface area contributed by atoms with Gasteiger partial charge in [-0.1, -0.05) is 23.2 Å². The van der Waals surface area contributed by atoms with Gasteiger partial charge >= 0.3 is 0 Å². The van der Waals surface area contributed by atoms with E-state index in [0.29, 0.717) is 15.9 Å². The normalized spacial score (nSPS) is 12.2. The third kappa shape index (κ3) is 4.41. The fourth-order valence-corrected chi connectivity index (χ4v) is 1.82. The average Bonchev–Trinajstić information content (AvgIpc) is 2.31. The largest absolute Gasteiger partial charge is 0.357 e. The highest BCUT2D eigenvalue weighted by Gasteiger charge is 2.16. The van der Waals surface area contributed by atoms with Crippen LogP contribution in [-0.2, 0) is 4.79 Å². The molecule has 1 amide bonds. The molecule has 1 rings (SSSR count). The molecule has 5 N–H and O–H groups in total. The fraction of sp³-hybridized carbons (Fsp3) is 0.455. The Labute approximate surface area is 122 Å². The summed E-state index contributed by atoms with van der Waals surface area (Å²) in [5, 5.41) is 6.31. The number of amides is 1. The number of nitrogens with one attached hydrogen (secondary N) is 3. The van der Waals surface area contributed by atoms with Gasteiger partial charge in [0.25, 0.3) is 0 Å².